The minimum atomic E-state index is -1.40. The summed E-state index contributed by atoms with van der Waals surface area (Å²) in [4.78, 5) is 45.9. The standard InChI is InChI=1S/C34H24Cl2N2O3/c1-19-11-12-20-13-16-28-34(24-9-5-6-10-26(24)37-33(34)41)29(32(40)23-15-14-22(35)18-25(23)36)30(38(28)27(20)17-19)31(39)21-7-3-2-4-8-21/h2-18,28-30H,1H3,(H,37,41). The number of amides is 1. The number of para-hydroxylation sites is 1. The summed E-state index contributed by atoms with van der Waals surface area (Å²) in [5.41, 5.74) is 3.33. The third-order valence-electron chi connectivity index (χ3n) is 8.60. The molecule has 1 fully saturated rings. The number of nitrogens with zero attached hydrogens (tertiary/aromatic N) is 1. The molecule has 1 spiro atoms. The molecule has 41 heavy (non-hydrogen) atoms. The molecule has 4 aromatic carbocycles. The topological polar surface area (TPSA) is 66.5 Å². The lowest BCUT2D eigenvalue weighted by Gasteiger charge is -2.37. The Labute approximate surface area is 247 Å². The molecule has 0 aromatic heterocycles. The van der Waals surface area contributed by atoms with Crippen LogP contribution in [0.5, 0.6) is 0 Å². The molecule has 4 atom stereocenters. The van der Waals surface area contributed by atoms with E-state index < -0.39 is 23.4 Å². The van der Waals surface area contributed by atoms with Gasteiger partial charge in [-0.1, -0.05) is 96.0 Å². The van der Waals surface area contributed by atoms with Crippen LogP contribution in [-0.4, -0.2) is 29.6 Å². The van der Waals surface area contributed by atoms with Gasteiger partial charge in [0.05, 0.1) is 17.0 Å². The van der Waals surface area contributed by atoms with Gasteiger partial charge in [0.1, 0.15) is 11.5 Å². The minimum Gasteiger partial charge on any atom is -0.352 e. The molecule has 4 unspecified atom stereocenters. The summed E-state index contributed by atoms with van der Waals surface area (Å²) in [6.07, 6.45) is 3.94. The Hall–Kier alpha value is -4.19. The highest BCUT2D eigenvalue weighted by molar-refractivity contribution is 6.37. The summed E-state index contributed by atoms with van der Waals surface area (Å²) in [6, 6.07) is 25.5. The van der Waals surface area contributed by atoms with Crippen LogP contribution in [0.25, 0.3) is 6.08 Å². The maximum Gasteiger partial charge on any atom is 0.238 e. The molecule has 3 aliphatic heterocycles. The number of benzene rings is 4. The molecule has 0 bridgehead atoms. The Bertz CT molecular complexity index is 1800. The number of anilines is 2. The van der Waals surface area contributed by atoms with Gasteiger partial charge in [0, 0.05) is 27.5 Å². The number of ketones is 2. The SMILES string of the molecule is Cc1ccc2c(c1)N1C(C(=O)c3ccccc3)C(C(=O)c3ccc(Cl)cc3Cl)C3(C(=O)Nc4ccccc43)C1C=C2. The molecule has 1 amide bonds. The molecule has 0 saturated carbocycles. The highest BCUT2D eigenvalue weighted by atomic mass is 35.5. The average Bonchev–Trinajstić information content (AvgIpc) is 3.45. The van der Waals surface area contributed by atoms with Gasteiger partial charge < -0.3 is 10.2 Å². The molecule has 1 N–H and O–H groups in total. The van der Waals surface area contributed by atoms with Crippen LogP contribution in [-0.2, 0) is 10.2 Å². The van der Waals surface area contributed by atoms with Crippen LogP contribution in [0.1, 0.15) is 37.4 Å². The molecular weight excluding hydrogens is 555 g/mol. The van der Waals surface area contributed by atoms with E-state index in [2.05, 4.69) is 5.32 Å². The van der Waals surface area contributed by atoms with E-state index in [0.717, 1.165) is 16.8 Å². The lowest BCUT2D eigenvalue weighted by atomic mass is 9.64. The first-order valence-electron chi connectivity index (χ1n) is 13.4. The molecule has 1 saturated heterocycles. The van der Waals surface area contributed by atoms with Crippen molar-refractivity contribution in [2.75, 3.05) is 10.2 Å². The predicted molar refractivity (Wildman–Crippen MR) is 162 cm³/mol. The first-order chi connectivity index (χ1) is 19.8. The molecule has 0 aliphatic carbocycles. The van der Waals surface area contributed by atoms with E-state index in [1.807, 2.05) is 72.5 Å². The largest absolute Gasteiger partial charge is 0.352 e. The van der Waals surface area contributed by atoms with Gasteiger partial charge in [-0.2, -0.15) is 0 Å². The van der Waals surface area contributed by atoms with E-state index in [1.165, 1.54) is 6.07 Å². The molecule has 4 aromatic rings. The zero-order valence-electron chi connectivity index (χ0n) is 22.0. The average molecular weight is 579 g/mol. The van der Waals surface area contributed by atoms with Crippen molar-refractivity contribution in [1.82, 2.24) is 0 Å². The Balaban J connectivity index is 1.56. The fourth-order valence-electron chi connectivity index (χ4n) is 6.90. The van der Waals surface area contributed by atoms with Crippen molar-refractivity contribution in [3.05, 3.63) is 135 Å². The first-order valence-corrected chi connectivity index (χ1v) is 14.1. The van der Waals surface area contributed by atoms with Crippen LogP contribution in [0, 0.1) is 12.8 Å². The van der Waals surface area contributed by atoms with Crippen molar-refractivity contribution < 1.29 is 14.4 Å². The number of rotatable bonds is 4. The van der Waals surface area contributed by atoms with E-state index in [1.54, 1.807) is 36.4 Å². The van der Waals surface area contributed by atoms with Gasteiger partial charge in [0.25, 0.3) is 0 Å². The number of hydrogen-bond donors (Lipinski definition) is 1. The second-order valence-electron chi connectivity index (χ2n) is 10.8. The highest BCUT2D eigenvalue weighted by Gasteiger charge is 2.70. The second-order valence-corrected chi connectivity index (χ2v) is 11.6. The first kappa shape index (κ1) is 25.8. The van der Waals surface area contributed by atoms with E-state index >= 15 is 0 Å². The Morgan fingerprint density at radius 1 is 0.878 bits per heavy atom. The zero-order chi connectivity index (χ0) is 28.5. The van der Waals surface area contributed by atoms with Crippen LogP contribution in [0.2, 0.25) is 10.0 Å². The van der Waals surface area contributed by atoms with Crippen molar-refractivity contribution in [2.24, 2.45) is 5.92 Å². The zero-order valence-corrected chi connectivity index (χ0v) is 23.5. The lowest BCUT2D eigenvalue weighted by Crippen LogP contribution is -2.51. The van der Waals surface area contributed by atoms with Gasteiger partial charge in [-0.05, 0) is 53.9 Å². The Kier molecular flexibility index (Phi) is 5.93. The molecule has 3 heterocycles. The third kappa shape index (κ3) is 3.66. The fraction of sp³-hybridized carbons (Fsp3) is 0.147. The minimum absolute atomic E-state index is 0.173. The Morgan fingerprint density at radius 2 is 1.63 bits per heavy atom. The molecular formula is C34H24Cl2N2O3. The van der Waals surface area contributed by atoms with Crippen LogP contribution >= 0.6 is 23.2 Å². The molecule has 0 radical (unpaired) electrons. The van der Waals surface area contributed by atoms with Crippen LogP contribution < -0.4 is 10.2 Å². The van der Waals surface area contributed by atoms with Crippen molar-refractivity contribution >= 4 is 58.1 Å². The maximum absolute atomic E-state index is 14.9. The number of carbonyl (C=O) groups excluding carboxylic acids is 3. The van der Waals surface area contributed by atoms with Gasteiger partial charge in [0.2, 0.25) is 5.91 Å². The number of nitrogens with one attached hydrogen (secondary N) is 1. The summed E-state index contributed by atoms with van der Waals surface area (Å²) in [6.45, 7) is 1.99. The highest BCUT2D eigenvalue weighted by Crippen LogP contribution is 2.58. The summed E-state index contributed by atoms with van der Waals surface area (Å²) in [7, 11) is 0. The van der Waals surface area contributed by atoms with Crippen molar-refractivity contribution in [3.63, 3.8) is 0 Å². The summed E-state index contributed by atoms with van der Waals surface area (Å²) in [5, 5.41) is 3.60. The lowest BCUT2D eigenvalue weighted by molar-refractivity contribution is -0.121. The monoisotopic (exact) mass is 578 g/mol. The summed E-state index contributed by atoms with van der Waals surface area (Å²) >= 11 is 12.8. The van der Waals surface area contributed by atoms with Gasteiger partial charge >= 0.3 is 0 Å². The van der Waals surface area contributed by atoms with Crippen molar-refractivity contribution in [2.45, 2.75) is 24.4 Å². The number of Topliss-reactive ketones (excluding diaryl/α,β-unsaturated/α-hetero) is 2. The molecule has 3 aliphatic rings. The number of fused-ring (bicyclic) bond motifs is 6. The Morgan fingerprint density at radius 3 is 2.41 bits per heavy atom. The summed E-state index contributed by atoms with van der Waals surface area (Å²) < 4.78 is 0. The number of halogens is 2. The van der Waals surface area contributed by atoms with Crippen molar-refractivity contribution in [1.29, 1.82) is 0 Å². The van der Waals surface area contributed by atoms with Gasteiger partial charge in [-0.15, -0.1) is 0 Å². The number of aryl methyl sites for hydroxylation is 1. The fourth-order valence-corrected chi connectivity index (χ4v) is 7.41. The van der Waals surface area contributed by atoms with Crippen LogP contribution in [0.4, 0.5) is 11.4 Å². The van der Waals surface area contributed by atoms with Gasteiger partial charge in [-0.3, -0.25) is 14.4 Å². The van der Waals surface area contributed by atoms with Gasteiger partial charge in [-0.25, -0.2) is 0 Å². The van der Waals surface area contributed by atoms with E-state index in [9.17, 15) is 14.4 Å². The van der Waals surface area contributed by atoms with Crippen molar-refractivity contribution in [3.8, 4) is 0 Å². The second kappa shape index (κ2) is 9.44. The van der Waals surface area contributed by atoms with Crippen LogP contribution in [0.3, 0.4) is 0 Å². The quantitative estimate of drug-likeness (QED) is 0.261. The number of carbonyl (C=O) groups is 3. The van der Waals surface area contributed by atoms with E-state index in [-0.39, 0.29) is 28.1 Å². The molecule has 5 nitrogen and oxygen atoms in total. The molecule has 7 rings (SSSR count). The predicted octanol–water partition coefficient (Wildman–Crippen LogP) is 7.16. The normalized spacial score (nSPS) is 23.6. The van der Waals surface area contributed by atoms with Gasteiger partial charge in [0.15, 0.2) is 11.6 Å². The maximum atomic E-state index is 14.9. The third-order valence-corrected chi connectivity index (χ3v) is 9.14. The molecule has 7 heteroatoms. The van der Waals surface area contributed by atoms with E-state index in [4.69, 9.17) is 23.2 Å². The molecule has 202 valence electrons. The van der Waals surface area contributed by atoms with Crippen LogP contribution in [0.15, 0.2) is 97.1 Å². The summed E-state index contributed by atoms with van der Waals surface area (Å²) in [5.74, 6) is -2.04. The number of hydrogen-bond acceptors (Lipinski definition) is 4. The smallest absolute Gasteiger partial charge is 0.238 e. The van der Waals surface area contributed by atoms with E-state index in [0.29, 0.717) is 21.8 Å².